The van der Waals surface area contributed by atoms with Gasteiger partial charge in [0.05, 0.1) is 0 Å². The number of hydrogen-bond acceptors (Lipinski definition) is 24. The van der Waals surface area contributed by atoms with Crippen molar-refractivity contribution < 1.29 is 114 Å². The summed E-state index contributed by atoms with van der Waals surface area (Å²) in [5, 5.41) is 0. The Morgan fingerprint density at radius 1 is 0.143 bits per heavy atom. The van der Waals surface area contributed by atoms with E-state index in [1.165, 1.54) is 193 Å². The van der Waals surface area contributed by atoms with Gasteiger partial charge in [0.15, 0.2) is 24.4 Å². The fourth-order valence-electron chi connectivity index (χ4n) is 15.4. The molecule has 0 rings (SSSR count). The lowest BCUT2D eigenvalue weighted by molar-refractivity contribution is -0.167. The normalized spacial score (nSPS) is 11.9. The molecule has 0 heterocycles. The van der Waals surface area contributed by atoms with E-state index in [1.807, 2.05) is 62.3 Å². The van der Waals surface area contributed by atoms with E-state index in [2.05, 4.69) is 93.7 Å². The largest absolute Gasteiger partial charge is 0.462 e. The lowest BCUT2D eigenvalue weighted by Gasteiger charge is -2.18. The highest BCUT2D eigenvalue weighted by molar-refractivity contribution is 5.74. The average molecular weight is 2080 g/mol. The molecule has 2 unspecified atom stereocenters. The predicted molar refractivity (Wildman–Crippen MR) is 596 cm³/mol. The quantitative estimate of drug-likeness (QED) is 0.0236. The summed E-state index contributed by atoms with van der Waals surface area (Å²) in [6, 6.07) is 0. The molecular weight excluding hydrogens is 1860 g/mol. The van der Waals surface area contributed by atoms with Crippen LogP contribution in [0.3, 0.4) is 0 Å². The van der Waals surface area contributed by atoms with Crippen LogP contribution in [0.1, 0.15) is 565 Å². The maximum absolute atomic E-state index is 12.4. The zero-order chi connectivity index (χ0) is 109. The van der Waals surface area contributed by atoms with Crippen LogP contribution >= 0.6 is 0 Å². The molecule has 0 aromatic heterocycles. The molecule has 0 aliphatic heterocycles. The topological polar surface area (TPSA) is 316 Å². The van der Waals surface area contributed by atoms with Crippen LogP contribution in [-0.2, 0) is 114 Å². The molecule has 0 saturated carbocycles. The molecule has 0 radical (unpaired) electrons. The minimum absolute atomic E-state index is 0.0833. The second-order valence-corrected chi connectivity index (χ2v) is 39.0. The molecule has 0 spiro atoms. The van der Waals surface area contributed by atoms with Gasteiger partial charge in [0, 0.05) is 77.0 Å². The highest BCUT2D eigenvalue weighted by Crippen LogP contribution is 2.20. The number of rotatable bonds is 101. The molecule has 0 aromatic carbocycles. The molecule has 0 amide bonds. The van der Waals surface area contributed by atoms with Crippen molar-refractivity contribution in [2.45, 2.75) is 589 Å². The summed E-state index contributed by atoms with van der Waals surface area (Å²) in [5.41, 5.74) is 0. The van der Waals surface area contributed by atoms with Crippen LogP contribution < -0.4 is 0 Å². The number of hydrogen-bond donors (Lipinski definition) is 0. The van der Waals surface area contributed by atoms with Crippen LogP contribution in [0.4, 0.5) is 0 Å². The van der Waals surface area contributed by atoms with Crippen LogP contribution in [0.25, 0.3) is 0 Å². The average Bonchev–Trinajstić information content (AvgIpc) is 0.954. The summed E-state index contributed by atoms with van der Waals surface area (Å²) in [7, 11) is 0. The van der Waals surface area contributed by atoms with E-state index in [9.17, 15) is 57.5 Å². The summed E-state index contributed by atoms with van der Waals surface area (Å²) in [6.45, 7) is 23.5. The molecule has 24 nitrogen and oxygen atoms in total. The lowest BCUT2D eigenvalue weighted by atomic mass is 10.1. The number of carbonyl (C=O) groups excluding carboxylic acids is 12. The molecule has 2 atom stereocenters. The van der Waals surface area contributed by atoms with E-state index < -0.39 is 24.4 Å². The molecule has 0 fully saturated rings. The smallest absolute Gasteiger partial charge is 0.306 e. The highest BCUT2D eigenvalue weighted by atomic mass is 16.6. The Morgan fingerprint density at radius 3 is 0.422 bits per heavy atom. The standard InChI is InChI=1S/C43H78O6.C36H64O6.2C22H38O6/c1-4-7-9-11-13-15-17-19-21-23-25-27-29-31-33-36-41(44)47-38-40(49-43(46)35-6-3)39-48-42(45)37-34-32-30-28-26-24-22-20-18-16-14-12-10-8-5-2;1-4-7-9-11-13-15-16-17-18-19-20-21-23-24-26-29-35(38)41-32-33(31-40-34(37)28-6-3)42-36(39)30-27-25-22-14-12-10-8-5-2;1-4-7-8-9-10-11-12-13-16-21(24)27-18-19(28-22(25)15-6-3)17-26-20(23)14-5-2;1-4-7-8-9-10-11-12-13-16-22(25)28-19(17-26-20(23)14-5-2)18-27-21(24)15-6-3/h19-22,40H,4-18,23-39H2,1-3H3;5,8,17-18,33H,4,6-7,9-16,19-32H2,1-3H3;2*4,7,19H,5-6,8-18H2,1-3H3/b;8-5-,18-17?;;7-4-. The van der Waals surface area contributed by atoms with Gasteiger partial charge in [-0.05, 0) is 213 Å². The molecule has 0 aromatic rings. The Bertz CT molecular complexity index is 3170. The Hall–Kier alpha value is -7.92. The van der Waals surface area contributed by atoms with Gasteiger partial charge in [0.2, 0.25) is 0 Å². The Morgan fingerprint density at radius 2 is 0.265 bits per heavy atom. The molecule has 147 heavy (non-hydrogen) atoms. The first-order valence-corrected chi connectivity index (χ1v) is 59.4. The first-order chi connectivity index (χ1) is 71.6. The first-order valence-electron chi connectivity index (χ1n) is 59.4. The molecule has 0 saturated heterocycles. The minimum atomic E-state index is -0.768. The van der Waals surface area contributed by atoms with Gasteiger partial charge in [0.25, 0.3) is 0 Å². The molecule has 0 N–H and O–H groups in total. The predicted octanol–water partition coefficient (Wildman–Crippen LogP) is 32.8. The first kappa shape index (κ1) is 145. The fraction of sp³-hybridized carbons (Fsp3) is 0.805. The van der Waals surface area contributed by atoms with Gasteiger partial charge in [-0.1, -0.05) is 347 Å². The minimum Gasteiger partial charge on any atom is -0.462 e. The van der Waals surface area contributed by atoms with Crippen molar-refractivity contribution in [1.82, 2.24) is 0 Å². The Kier molecular flexibility index (Phi) is 119. The van der Waals surface area contributed by atoms with E-state index in [4.69, 9.17) is 56.8 Å². The monoisotopic (exact) mass is 2080 g/mol. The molecular formula is C123H218O24. The second-order valence-electron chi connectivity index (χ2n) is 39.0. The number of unbranched alkanes of at least 4 members (excludes halogenated alkanes) is 48. The number of allylic oxidation sites excluding steroid dienone is 12. The van der Waals surface area contributed by atoms with Gasteiger partial charge < -0.3 is 56.8 Å². The third-order valence-electron chi connectivity index (χ3n) is 24.2. The maximum atomic E-state index is 12.4. The van der Waals surface area contributed by atoms with Crippen LogP contribution in [0.15, 0.2) is 72.9 Å². The zero-order valence-corrected chi connectivity index (χ0v) is 95.7. The van der Waals surface area contributed by atoms with E-state index >= 15 is 0 Å². The second kappa shape index (κ2) is 120. The lowest BCUT2D eigenvalue weighted by Crippen LogP contribution is -2.30. The zero-order valence-electron chi connectivity index (χ0n) is 95.7. The van der Waals surface area contributed by atoms with E-state index in [1.54, 1.807) is 0 Å². The van der Waals surface area contributed by atoms with E-state index in [0.29, 0.717) is 103 Å². The number of ether oxygens (including phenoxy) is 12. The third kappa shape index (κ3) is 118. The maximum Gasteiger partial charge on any atom is 0.306 e. The highest BCUT2D eigenvalue weighted by Gasteiger charge is 2.25. The van der Waals surface area contributed by atoms with Crippen molar-refractivity contribution in [2.75, 3.05) is 52.9 Å². The van der Waals surface area contributed by atoms with Gasteiger partial charge in [0.1, 0.15) is 52.9 Å². The molecule has 0 aliphatic carbocycles. The summed E-state index contributed by atoms with van der Waals surface area (Å²) in [6.07, 6.45) is 97.5. The van der Waals surface area contributed by atoms with E-state index in [-0.39, 0.29) is 137 Å². The van der Waals surface area contributed by atoms with Crippen molar-refractivity contribution >= 4 is 71.6 Å². The van der Waals surface area contributed by atoms with Crippen molar-refractivity contribution in [3.8, 4) is 0 Å². The Balaban J connectivity index is -0.000000954. The summed E-state index contributed by atoms with van der Waals surface area (Å²) in [5.74, 6) is -4.02. The van der Waals surface area contributed by atoms with Crippen molar-refractivity contribution in [2.24, 2.45) is 0 Å². The van der Waals surface area contributed by atoms with Gasteiger partial charge in [-0.2, -0.15) is 0 Å². The van der Waals surface area contributed by atoms with Gasteiger partial charge in [-0.15, -0.1) is 0 Å². The van der Waals surface area contributed by atoms with Crippen LogP contribution in [-0.4, -0.2) is 149 Å². The van der Waals surface area contributed by atoms with Crippen molar-refractivity contribution in [3.05, 3.63) is 72.9 Å². The number of esters is 12. The van der Waals surface area contributed by atoms with Crippen LogP contribution in [0, 0.1) is 0 Å². The summed E-state index contributed by atoms with van der Waals surface area (Å²) >= 11 is 0. The van der Waals surface area contributed by atoms with Crippen LogP contribution in [0.5, 0.6) is 0 Å². The number of carbonyl (C=O) groups is 12. The van der Waals surface area contributed by atoms with Crippen LogP contribution in [0.2, 0.25) is 0 Å². The summed E-state index contributed by atoms with van der Waals surface area (Å²) in [4.78, 5) is 143. The molecule has 854 valence electrons. The fourth-order valence-corrected chi connectivity index (χ4v) is 15.4. The van der Waals surface area contributed by atoms with Gasteiger partial charge in [-0.25, -0.2) is 0 Å². The molecule has 0 bridgehead atoms. The molecule has 0 aliphatic rings. The molecule has 24 heteroatoms. The van der Waals surface area contributed by atoms with Gasteiger partial charge in [-0.3, -0.25) is 57.5 Å². The third-order valence-corrected chi connectivity index (χ3v) is 24.2. The Labute approximate surface area is 895 Å². The van der Waals surface area contributed by atoms with E-state index in [0.717, 1.165) is 173 Å². The SMILES string of the molecule is C/C=C\CCCCCCCC(=O)OC(COC(=O)CCC)COC(=O)CCC.C/C=C\CCCCCCCC(=O)OC(COC(=O)CCC)COC(=O)CCCCCCCC=CCCCCCCCC.CC=CCCCCCCCC(=O)OCC(COC(=O)CCC)OC(=O)CCC.CCCCCCCCC=CCCCCCCCC(=O)OCC(COC(=O)CCCCCCCC=CCCCCCCCC)OC(=O)CCC. The summed E-state index contributed by atoms with van der Waals surface area (Å²) < 4.78 is 63.6. The van der Waals surface area contributed by atoms with Crippen molar-refractivity contribution in [1.29, 1.82) is 0 Å². The van der Waals surface area contributed by atoms with Gasteiger partial charge >= 0.3 is 71.6 Å². The van der Waals surface area contributed by atoms with Crippen molar-refractivity contribution in [3.63, 3.8) is 0 Å².